The number of carbonyl (C=O) groups is 2. The molecule has 2 heterocycles. The molecule has 0 aromatic carbocycles. The third-order valence-corrected chi connectivity index (χ3v) is 3.12. The fourth-order valence-corrected chi connectivity index (χ4v) is 2.01. The zero-order valence-electron chi connectivity index (χ0n) is 9.99. The van der Waals surface area contributed by atoms with Crippen molar-refractivity contribution in [3.63, 3.8) is 0 Å². The minimum atomic E-state index is -2.87. The largest absolute Gasteiger partial charge is 0.390 e. The molecular weight excluding hydrogens is 261 g/mol. The minimum Gasteiger partial charge on any atom is -0.390 e. The summed E-state index contributed by atoms with van der Waals surface area (Å²) in [7, 11) is 0. The third kappa shape index (κ3) is 2.33. The quantitative estimate of drug-likeness (QED) is 0.318. The van der Waals surface area contributed by atoms with Gasteiger partial charge in [-0.3, -0.25) is 15.0 Å². The zero-order chi connectivity index (χ0) is 14.2. The molecule has 19 heavy (non-hydrogen) atoms. The van der Waals surface area contributed by atoms with E-state index in [0.717, 1.165) is 4.90 Å². The topological polar surface area (TPSA) is 128 Å². The molecule has 2 fully saturated rings. The number of aliphatic hydroxyl groups is 1. The van der Waals surface area contributed by atoms with Crippen molar-refractivity contribution in [2.45, 2.75) is 37.6 Å². The van der Waals surface area contributed by atoms with Crippen LogP contribution in [0.1, 0.15) is 13.3 Å². The third-order valence-electron chi connectivity index (χ3n) is 3.12. The number of amides is 3. The standard InChI is InChI=1S/C9H12FN5O4/c1-4-5(16)2-6(19-4)15-3-9(10,13-14-11)7(17)12-8(15)18/h4-6,16H,2-3H2,1H3,(H,12,17,18)/t4-,5+,6-,9?/m1/s1. The van der Waals surface area contributed by atoms with Crippen LogP contribution in [0.15, 0.2) is 5.11 Å². The van der Waals surface area contributed by atoms with Crippen molar-refractivity contribution in [3.05, 3.63) is 10.4 Å². The van der Waals surface area contributed by atoms with Crippen molar-refractivity contribution < 1.29 is 23.8 Å². The average Bonchev–Trinajstić information content (AvgIpc) is 2.65. The van der Waals surface area contributed by atoms with E-state index in [4.69, 9.17) is 10.3 Å². The summed E-state index contributed by atoms with van der Waals surface area (Å²) in [6.07, 6.45) is -2.08. The molecule has 0 radical (unpaired) electrons. The molecule has 0 spiro atoms. The van der Waals surface area contributed by atoms with Gasteiger partial charge in [-0.25, -0.2) is 9.18 Å². The van der Waals surface area contributed by atoms with Crippen molar-refractivity contribution >= 4 is 11.9 Å². The summed E-state index contributed by atoms with van der Waals surface area (Å²) in [5.41, 5.74) is 8.27. The van der Waals surface area contributed by atoms with Gasteiger partial charge in [0.05, 0.1) is 18.8 Å². The van der Waals surface area contributed by atoms with Gasteiger partial charge in [0.1, 0.15) is 6.23 Å². The molecule has 2 N–H and O–H groups in total. The van der Waals surface area contributed by atoms with E-state index in [2.05, 4.69) is 10.0 Å². The number of hydrogen-bond acceptors (Lipinski definition) is 5. The molecule has 4 atom stereocenters. The number of urea groups is 1. The van der Waals surface area contributed by atoms with Crippen LogP contribution in [-0.2, 0) is 9.53 Å². The van der Waals surface area contributed by atoms with Crippen molar-refractivity contribution in [2.75, 3.05) is 6.54 Å². The Morgan fingerprint density at radius 1 is 1.68 bits per heavy atom. The van der Waals surface area contributed by atoms with E-state index in [9.17, 15) is 19.1 Å². The van der Waals surface area contributed by atoms with Crippen LogP contribution in [0.2, 0.25) is 0 Å². The summed E-state index contributed by atoms with van der Waals surface area (Å²) in [6, 6.07) is -0.849. The van der Waals surface area contributed by atoms with Crippen molar-refractivity contribution in [3.8, 4) is 0 Å². The summed E-state index contributed by atoms with van der Waals surface area (Å²) in [4.78, 5) is 26.1. The Morgan fingerprint density at radius 2 is 2.37 bits per heavy atom. The first-order valence-corrected chi connectivity index (χ1v) is 5.58. The average molecular weight is 273 g/mol. The molecule has 1 unspecified atom stereocenters. The number of azide groups is 1. The van der Waals surface area contributed by atoms with Gasteiger partial charge in [-0.2, -0.15) is 0 Å². The van der Waals surface area contributed by atoms with E-state index < -0.39 is 42.7 Å². The highest BCUT2D eigenvalue weighted by Gasteiger charge is 2.50. The highest BCUT2D eigenvalue weighted by atomic mass is 19.1. The molecule has 2 rings (SSSR count). The first kappa shape index (κ1) is 13.5. The summed E-state index contributed by atoms with van der Waals surface area (Å²) >= 11 is 0. The van der Waals surface area contributed by atoms with Crippen LogP contribution in [0.4, 0.5) is 9.18 Å². The summed E-state index contributed by atoms with van der Waals surface area (Å²) in [5.74, 6) is -4.18. The number of nitrogens with zero attached hydrogens (tertiary/aromatic N) is 4. The lowest BCUT2D eigenvalue weighted by Crippen LogP contribution is -2.63. The highest BCUT2D eigenvalue weighted by Crippen LogP contribution is 2.28. The molecule has 0 saturated carbocycles. The van der Waals surface area contributed by atoms with Crippen LogP contribution in [-0.4, -0.2) is 52.7 Å². The predicted molar refractivity (Wildman–Crippen MR) is 58.2 cm³/mol. The molecule has 2 saturated heterocycles. The number of aliphatic hydroxyl groups excluding tert-OH is 1. The number of carbonyl (C=O) groups excluding carboxylic acids is 2. The fourth-order valence-electron chi connectivity index (χ4n) is 2.01. The summed E-state index contributed by atoms with van der Waals surface area (Å²) in [6.45, 7) is 0.861. The predicted octanol–water partition coefficient (Wildman–Crippen LogP) is 0.0101. The van der Waals surface area contributed by atoms with Gasteiger partial charge in [-0.1, -0.05) is 0 Å². The Bertz CT molecular complexity index is 458. The van der Waals surface area contributed by atoms with Crippen LogP contribution in [0, 0.1) is 0 Å². The molecule has 0 aliphatic carbocycles. The van der Waals surface area contributed by atoms with Crippen LogP contribution < -0.4 is 5.32 Å². The Morgan fingerprint density at radius 3 is 2.89 bits per heavy atom. The van der Waals surface area contributed by atoms with E-state index in [0.29, 0.717) is 0 Å². The van der Waals surface area contributed by atoms with Gasteiger partial charge in [0.15, 0.2) is 0 Å². The van der Waals surface area contributed by atoms with Gasteiger partial charge in [-0.15, -0.1) is 0 Å². The number of imide groups is 1. The summed E-state index contributed by atoms with van der Waals surface area (Å²) in [5, 5.41) is 14.1. The molecule has 2 aliphatic heterocycles. The van der Waals surface area contributed by atoms with Crippen LogP contribution in [0.5, 0.6) is 0 Å². The molecule has 10 heteroatoms. The number of rotatable bonds is 2. The van der Waals surface area contributed by atoms with Crippen molar-refractivity contribution in [1.29, 1.82) is 0 Å². The van der Waals surface area contributed by atoms with Gasteiger partial charge < -0.3 is 9.84 Å². The molecule has 2 aliphatic rings. The number of halogens is 1. The molecule has 104 valence electrons. The fraction of sp³-hybridized carbons (Fsp3) is 0.778. The Labute approximate surface area is 106 Å². The second-order valence-corrected chi connectivity index (χ2v) is 4.43. The first-order valence-electron chi connectivity index (χ1n) is 5.58. The minimum absolute atomic E-state index is 0.0924. The van der Waals surface area contributed by atoms with E-state index >= 15 is 0 Å². The molecule has 3 amide bonds. The Hall–Kier alpha value is -1.90. The normalized spacial score (nSPS) is 38.9. The van der Waals surface area contributed by atoms with E-state index in [-0.39, 0.29) is 6.42 Å². The lowest BCUT2D eigenvalue weighted by Gasteiger charge is -2.36. The van der Waals surface area contributed by atoms with Crippen LogP contribution >= 0.6 is 0 Å². The second kappa shape index (κ2) is 4.65. The smallest absolute Gasteiger partial charge is 0.326 e. The number of alkyl halides is 1. The zero-order valence-corrected chi connectivity index (χ0v) is 9.99. The highest BCUT2D eigenvalue weighted by molar-refractivity contribution is 6.01. The number of hydrogen-bond donors (Lipinski definition) is 2. The molecule has 9 nitrogen and oxygen atoms in total. The lowest BCUT2D eigenvalue weighted by atomic mass is 10.1. The number of ether oxygens (including phenoxy) is 1. The molecule has 0 bridgehead atoms. The van der Waals surface area contributed by atoms with E-state index in [1.165, 1.54) is 0 Å². The van der Waals surface area contributed by atoms with Crippen LogP contribution in [0.3, 0.4) is 0 Å². The Balaban J connectivity index is 2.19. The van der Waals surface area contributed by atoms with Gasteiger partial charge in [0, 0.05) is 11.3 Å². The molecule has 0 aromatic rings. The lowest BCUT2D eigenvalue weighted by molar-refractivity contribution is -0.138. The maximum atomic E-state index is 14.1. The van der Waals surface area contributed by atoms with Gasteiger partial charge in [0.2, 0.25) is 0 Å². The molecular formula is C9H12FN5O4. The van der Waals surface area contributed by atoms with Crippen LogP contribution in [0.25, 0.3) is 10.4 Å². The number of nitrogens with one attached hydrogen (secondary N) is 1. The monoisotopic (exact) mass is 273 g/mol. The van der Waals surface area contributed by atoms with Crippen molar-refractivity contribution in [2.24, 2.45) is 5.11 Å². The maximum absolute atomic E-state index is 14.1. The van der Waals surface area contributed by atoms with Crippen molar-refractivity contribution in [1.82, 2.24) is 10.2 Å². The van der Waals surface area contributed by atoms with Gasteiger partial charge in [-0.05, 0) is 17.6 Å². The van der Waals surface area contributed by atoms with Gasteiger partial charge >= 0.3 is 6.03 Å². The van der Waals surface area contributed by atoms with Gasteiger partial charge in [0.25, 0.3) is 11.7 Å². The maximum Gasteiger partial charge on any atom is 0.326 e. The summed E-state index contributed by atoms with van der Waals surface area (Å²) < 4.78 is 19.4. The SMILES string of the molecule is C[C@H]1O[C@@H](N2CC(F)(N=[N+]=[N-])C(=O)NC2=O)C[C@@H]1O. The first-order chi connectivity index (χ1) is 8.87. The van der Waals surface area contributed by atoms with E-state index in [1.54, 1.807) is 12.2 Å². The molecule has 0 aromatic heterocycles. The second-order valence-electron chi connectivity index (χ2n) is 4.43. The Kier molecular flexibility index (Phi) is 3.31. The van der Waals surface area contributed by atoms with E-state index in [1.807, 2.05) is 0 Å².